The molecule has 0 unspecified atom stereocenters. The Balaban J connectivity index is 0.00000160. The molecule has 1 aromatic carbocycles. The summed E-state index contributed by atoms with van der Waals surface area (Å²) in [4.78, 5) is 8.93. The SMILES string of the molecule is Cl.Cl.Cl.Cn1c(SCCCN2C[C@H]3CCN(c4ccc(C(F)(F)F)cc4)[C@H]3C2)nnc1-c1cccnc1. The van der Waals surface area contributed by atoms with Crippen molar-refractivity contribution in [1.29, 1.82) is 0 Å². The highest BCUT2D eigenvalue weighted by molar-refractivity contribution is 7.99. The van der Waals surface area contributed by atoms with Crippen LogP contribution in [0.15, 0.2) is 53.9 Å². The van der Waals surface area contributed by atoms with Gasteiger partial charge >= 0.3 is 6.18 Å². The molecule has 0 aliphatic carbocycles. The van der Waals surface area contributed by atoms with E-state index in [9.17, 15) is 13.2 Å². The maximum atomic E-state index is 12.9. The average molecular weight is 598 g/mol. The molecule has 2 fully saturated rings. The van der Waals surface area contributed by atoms with Crippen molar-refractivity contribution in [2.45, 2.75) is 30.2 Å². The van der Waals surface area contributed by atoms with Gasteiger partial charge in [0.1, 0.15) is 0 Å². The number of thioether (sulfide) groups is 1. The van der Waals surface area contributed by atoms with Crippen molar-refractivity contribution >= 4 is 54.7 Å². The predicted octanol–water partition coefficient (Wildman–Crippen LogP) is 5.85. The molecule has 2 saturated heterocycles. The second-order valence-electron chi connectivity index (χ2n) is 8.92. The highest BCUT2D eigenvalue weighted by Crippen LogP contribution is 2.37. The van der Waals surface area contributed by atoms with Gasteiger partial charge in [-0.1, -0.05) is 11.8 Å². The minimum atomic E-state index is -4.29. The van der Waals surface area contributed by atoms with Gasteiger partial charge in [-0.3, -0.25) is 4.98 Å². The second kappa shape index (κ2) is 13.4. The molecule has 0 spiro atoms. The van der Waals surface area contributed by atoms with E-state index >= 15 is 0 Å². The van der Waals surface area contributed by atoms with E-state index in [1.165, 1.54) is 12.1 Å². The van der Waals surface area contributed by atoms with E-state index < -0.39 is 11.7 Å². The Hall–Kier alpha value is -1.72. The zero-order valence-electron chi connectivity index (χ0n) is 20.2. The van der Waals surface area contributed by atoms with Crippen molar-refractivity contribution in [3.8, 4) is 11.4 Å². The fourth-order valence-corrected chi connectivity index (χ4v) is 5.87. The molecule has 204 valence electrons. The maximum Gasteiger partial charge on any atom is 0.416 e. The van der Waals surface area contributed by atoms with Crippen LogP contribution in [0.4, 0.5) is 18.9 Å². The molecule has 4 heterocycles. The predicted molar refractivity (Wildman–Crippen MR) is 148 cm³/mol. The van der Waals surface area contributed by atoms with E-state index in [2.05, 4.69) is 25.0 Å². The van der Waals surface area contributed by atoms with E-state index in [1.54, 1.807) is 36.3 Å². The van der Waals surface area contributed by atoms with E-state index in [4.69, 9.17) is 0 Å². The van der Waals surface area contributed by atoms with Crippen LogP contribution >= 0.6 is 49.0 Å². The summed E-state index contributed by atoms with van der Waals surface area (Å²) in [5.41, 5.74) is 1.25. The number of pyridine rings is 1. The molecule has 2 aromatic heterocycles. The quantitative estimate of drug-likeness (QED) is 0.251. The third-order valence-corrected chi connectivity index (χ3v) is 7.86. The standard InChI is InChI=1S/C24H27F3N6S.3ClH/c1-31-22(17-4-2-10-28-14-17)29-30-23(31)34-13-3-11-32-15-18-9-12-33(21(18)16-32)20-7-5-19(6-8-20)24(25,26)27;;;/h2,4-8,10,14,18,21H,3,9,11-13,15-16H2,1H3;3*1H/t18-,21+;;;/m1.../s1. The minimum absolute atomic E-state index is 0. The Kier molecular flexibility index (Phi) is 11.4. The molecule has 0 radical (unpaired) electrons. The van der Waals surface area contributed by atoms with Crippen LogP contribution < -0.4 is 4.90 Å². The molecule has 0 N–H and O–H groups in total. The molecule has 0 saturated carbocycles. The van der Waals surface area contributed by atoms with Crippen molar-refractivity contribution in [3.63, 3.8) is 0 Å². The summed E-state index contributed by atoms with van der Waals surface area (Å²) in [6.45, 7) is 3.94. The molecule has 13 heteroatoms. The lowest BCUT2D eigenvalue weighted by molar-refractivity contribution is -0.137. The van der Waals surface area contributed by atoms with Gasteiger partial charge in [-0.2, -0.15) is 13.2 Å². The molecule has 2 atom stereocenters. The first-order chi connectivity index (χ1) is 16.4. The molecule has 6 nitrogen and oxygen atoms in total. The van der Waals surface area contributed by atoms with E-state index in [1.807, 2.05) is 23.7 Å². The minimum Gasteiger partial charge on any atom is -0.367 e. The first-order valence-electron chi connectivity index (χ1n) is 11.5. The number of nitrogens with zero attached hydrogens (tertiary/aromatic N) is 6. The Morgan fingerprint density at radius 3 is 2.46 bits per heavy atom. The molecular formula is C24H30Cl3F3N6S. The zero-order chi connectivity index (χ0) is 23.7. The van der Waals surface area contributed by atoms with Gasteiger partial charge in [-0.25, -0.2) is 0 Å². The summed E-state index contributed by atoms with van der Waals surface area (Å²) < 4.78 is 40.7. The topological polar surface area (TPSA) is 50.1 Å². The molecule has 3 aromatic rings. The molecule has 0 amide bonds. The van der Waals surface area contributed by atoms with E-state index in [-0.39, 0.29) is 37.2 Å². The van der Waals surface area contributed by atoms with Crippen molar-refractivity contribution < 1.29 is 13.2 Å². The van der Waals surface area contributed by atoms with Crippen LogP contribution in [0, 0.1) is 5.92 Å². The lowest BCUT2D eigenvalue weighted by Crippen LogP contribution is -2.35. The lowest BCUT2D eigenvalue weighted by atomic mass is 10.0. The van der Waals surface area contributed by atoms with Crippen LogP contribution in [0.5, 0.6) is 0 Å². The Morgan fingerprint density at radius 1 is 1.03 bits per heavy atom. The van der Waals surface area contributed by atoms with Gasteiger partial charge < -0.3 is 14.4 Å². The lowest BCUT2D eigenvalue weighted by Gasteiger charge is -2.27. The summed E-state index contributed by atoms with van der Waals surface area (Å²) >= 11 is 1.71. The Labute approximate surface area is 237 Å². The number of anilines is 1. The fourth-order valence-electron chi connectivity index (χ4n) is 5.03. The Morgan fingerprint density at radius 2 is 1.78 bits per heavy atom. The second-order valence-corrected chi connectivity index (χ2v) is 9.98. The van der Waals surface area contributed by atoms with Crippen molar-refractivity contribution in [2.75, 3.05) is 36.8 Å². The van der Waals surface area contributed by atoms with Crippen LogP contribution in [0.25, 0.3) is 11.4 Å². The van der Waals surface area contributed by atoms with Gasteiger partial charge in [0, 0.05) is 62.1 Å². The van der Waals surface area contributed by atoms with Crippen molar-refractivity contribution in [3.05, 3.63) is 54.4 Å². The number of alkyl halides is 3. The number of benzene rings is 1. The van der Waals surface area contributed by atoms with Gasteiger partial charge in [0.15, 0.2) is 11.0 Å². The summed E-state index contributed by atoms with van der Waals surface area (Å²) in [6, 6.07) is 9.86. The molecule has 2 aliphatic heterocycles. The number of aromatic nitrogens is 4. The highest BCUT2D eigenvalue weighted by atomic mass is 35.5. The average Bonchev–Trinajstić information content (AvgIpc) is 3.51. The molecule has 5 rings (SSSR count). The number of halogens is 6. The molecular weight excluding hydrogens is 568 g/mol. The van der Waals surface area contributed by atoms with E-state index in [0.29, 0.717) is 12.0 Å². The third kappa shape index (κ3) is 7.03. The van der Waals surface area contributed by atoms with Crippen LogP contribution in [-0.4, -0.2) is 62.6 Å². The first kappa shape index (κ1) is 31.5. The summed E-state index contributed by atoms with van der Waals surface area (Å²) in [7, 11) is 1.97. The number of fused-ring (bicyclic) bond motifs is 1. The maximum absolute atomic E-state index is 12.9. The van der Waals surface area contributed by atoms with Gasteiger partial charge in [0.25, 0.3) is 0 Å². The van der Waals surface area contributed by atoms with Crippen LogP contribution in [0.1, 0.15) is 18.4 Å². The van der Waals surface area contributed by atoms with Crippen molar-refractivity contribution in [2.24, 2.45) is 13.0 Å². The zero-order valence-corrected chi connectivity index (χ0v) is 23.4. The normalized spacial score (nSPS) is 19.1. The smallest absolute Gasteiger partial charge is 0.367 e. The van der Waals surface area contributed by atoms with Gasteiger partial charge in [-0.05, 0) is 61.7 Å². The molecule has 0 bridgehead atoms. The van der Waals surface area contributed by atoms with Gasteiger partial charge in [-0.15, -0.1) is 47.4 Å². The molecule has 37 heavy (non-hydrogen) atoms. The van der Waals surface area contributed by atoms with Crippen LogP contribution in [-0.2, 0) is 13.2 Å². The monoisotopic (exact) mass is 596 g/mol. The first-order valence-corrected chi connectivity index (χ1v) is 12.5. The number of rotatable bonds is 7. The van der Waals surface area contributed by atoms with E-state index in [0.717, 1.165) is 67.0 Å². The third-order valence-electron chi connectivity index (χ3n) is 6.75. The largest absolute Gasteiger partial charge is 0.416 e. The summed E-state index contributed by atoms with van der Waals surface area (Å²) in [5, 5.41) is 9.53. The summed E-state index contributed by atoms with van der Waals surface area (Å²) in [6.07, 6.45) is 1.37. The van der Waals surface area contributed by atoms with Crippen LogP contribution in [0.3, 0.4) is 0 Å². The highest BCUT2D eigenvalue weighted by Gasteiger charge is 2.41. The summed E-state index contributed by atoms with van der Waals surface area (Å²) in [5.74, 6) is 2.34. The number of hydrogen-bond donors (Lipinski definition) is 0. The van der Waals surface area contributed by atoms with Crippen molar-refractivity contribution in [1.82, 2.24) is 24.6 Å². The fraction of sp³-hybridized carbons (Fsp3) is 0.458. The Bertz CT molecular complexity index is 1120. The van der Waals surface area contributed by atoms with Crippen LogP contribution in [0.2, 0.25) is 0 Å². The number of likely N-dealkylation sites (tertiary alicyclic amines) is 1. The van der Waals surface area contributed by atoms with Gasteiger partial charge in [0.2, 0.25) is 0 Å². The molecule has 2 aliphatic rings. The number of hydrogen-bond acceptors (Lipinski definition) is 6. The van der Waals surface area contributed by atoms with Gasteiger partial charge in [0.05, 0.1) is 5.56 Å².